The van der Waals surface area contributed by atoms with Crippen LogP contribution in [0.2, 0.25) is 0 Å². The molecule has 0 spiro atoms. The molecule has 1 aromatic carbocycles. The van der Waals surface area contributed by atoms with Gasteiger partial charge in [0.15, 0.2) is 0 Å². The van der Waals surface area contributed by atoms with E-state index in [1.807, 2.05) is 13.0 Å². The van der Waals surface area contributed by atoms with Gasteiger partial charge in [0.1, 0.15) is 0 Å². The van der Waals surface area contributed by atoms with Crippen molar-refractivity contribution in [1.82, 2.24) is 10.6 Å². The summed E-state index contributed by atoms with van der Waals surface area (Å²) in [6, 6.07) is 5.66. The number of nitrogens with one attached hydrogen (secondary N) is 3. The minimum absolute atomic E-state index is 0.0182. The van der Waals surface area contributed by atoms with E-state index in [4.69, 9.17) is 0 Å². The summed E-state index contributed by atoms with van der Waals surface area (Å²) >= 11 is 0. The molecule has 21 heavy (non-hydrogen) atoms. The van der Waals surface area contributed by atoms with Gasteiger partial charge in [-0.3, -0.25) is 9.59 Å². The second-order valence-electron chi connectivity index (χ2n) is 5.92. The zero-order valence-electron chi connectivity index (χ0n) is 12.2. The van der Waals surface area contributed by atoms with Gasteiger partial charge in [-0.1, -0.05) is 6.07 Å². The molecule has 1 unspecified atom stereocenters. The maximum absolute atomic E-state index is 12.2. The van der Waals surface area contributed by atoms with Crippen LogP contribution in [0.4, 0.5) is 5.69 Å². The van der Waals surface area contributed by atoms with Crippen LogP contribution in [0, 0.1) is 6.92 Å². The topological polar surface area (TPSA) is 70.2 Å². The van der Waals surface area contributed by atoms with Crippen molar-refractivity contribution in [1.29, 1.82) is 0 Å². The number of rotatable bonds is 4. The van der Waals surface area contributed by atoms with E-state index in [9.17, 15) is 9.59 Å². The fourth-order valence-corrected chi connectivity index (χ4v) is 2.52. The van der Waals surface area contributed by atoms with E-state index in [0.29, 0.717) is 11.6 Å². The summed E-state index contributed by atoms with van der Waals surface area (Å²) in [4.78, 5) is 24.2. The lowest BCUT2D eigenvalue weighted by atomic mass is 10.1. The minimum atomic E-state index is -0.117. The van der Waals surface area contributed by atoms with Gasteiger partial charge in [-0.25, -0.2) is 0 Å². The Morgan fingerprint density at radius 1 is 1.24 bits per heavy atom. The molecule has 1 aliphatic carbocycles. The van der Waals surface area contributed by atoms with Gasteiger partial charge in [-0.05, 0) is 56.8 Å². The monoisotopic (exact) mass is 287 g/mol. The highest BCUT2D eigenvalue weighted by atomic mass is 16.2. The highest BCUT2D eigenvalue weighted by Crippen LogP contribution is 2.21. The van der Waals surface area contributed by atoms with Crippen LogP contribution >= 0.6 is 0 Å². The number of hydrogen-bond donors (Lipinski definition) is 3. The third-order valence-corrected chi connectivity index (χ3v) is 4.05. The highest BCUT2D eigenvalue weighted by Gasteiger charge is 2.25. The zero-order chi connectivity index (χ0) is 14.8. The molecule has 5 heteroatoms. The molecule has 1 aliphatic heterocycles. The number of carbonyl (C=O) groups excluding carboxylic acids is 2. The standard InChI is InChI=1S/C16H21N3O2/c1-10-4-5-11(15(20)18-12-6-7-12)9-14(10)19-16(21)13-3-2-8-17-13/h4-5,9,12-13,17H,2-3,6-8H2,1H3,(H,18,20)(H,19,21). The molecule has 0 bridgehead atoms. The van der Waals surface area contributed by atoms with Gasteiger partial charge >= 0.3 is 0 Å². The Hall–Kier alpha value is -1.88. The lowest BCUT2D eigenvalue weighted by Crippen LogP contribution is -2.35. The molecule has 1 saturated carbocycles. The molecule has 1 atom stereocenters. The fourth-order valence-electron chi connectivity index (χ4n) is 2.52. The summed E-state index contributed by atoms with van der Waals surface area (Å²) < 4.78 is 0. The summed E-state index contributed by atoms with van der Waals surface area (Å²) in [7, 11) is 0. The number of anilines is 1. The Kier molecular flexibility index (Phi) is 3.92. The van der Waals surface area contributed by atoms with Gasteiger partial charge in [-0.2, -0.15) is 0 Å². The van der Waals surface area contributed by atoms with Crippen molar-refractivity contribution >= 4 is 17.5 Å². The molecule has 3 N–H and O–H groups in total. The Bertz CT molecular complexity index is 561. The molecule has 2 fully saturated rings. The van der Waals surface area contributed by atoms with Crippen molar-refractivity contribution in [2.24, 2.45) is 0 Å². The molecule has 5 nitrogen and oxygen atoms in total. The van der Waals surface area contributed by atoms with Crippen molar-refractivity contribution < 1.29 is 9.59 Å². The van der Waals surface area contributed by atoms with Crippen LogP contribution in [-0.4, -0.2) is 30.4 Å². The van der Waals surface area contributed by atoms with Crippen LogP contribution in [-0.2, 0) is 4.79 Å². The second-order valence-corrected chi connectivity index (χ2v) is 5.92. The number of amides is 2. The first-order valence-corrected chi connectivity index (χ1v) is 7.59. The van der Waals surface area contributed by atoms with Crippen LogP contribution in [0.15, 0.2) is 18.2 Å². The van der Waals surface area contributed by atoms with Crippen LogP contribution < -0.4 is 16.0 Å². The highest BCUT2D eigenvalue weighted by molar-refractivity contribution is 5.99. The van der Waals surface area contributed by atoms with Crippen LogP contribution in [0.25, 0.3) is 0 Å². The first-order valence-electron chi connectivity index (χ1n) is 7.59. The molecule has 0 radical (unpaired) electrons. The van der Waals surface area contributed by atoms with Gasteiger partial charge in [0, 0.05) is 17.3 Å². The largest absolute Gasteiger partial charge is 0.349 e. The SMILES string of the molecule is Cc1ccc(C(=O)NC2CC2)cc1NC(=O)C1CCCN1. The molecule has 2 aliphatic rings. The Balaban J connectivity index is 1.70. The predicted octanol–water partition coefficient (Wildman–Crippen LogP) is 1.58. The average Bonchev–Trinajstić information content (AvgIpc) is 3.10. The average molecular weight is 287 g/mol. The van der Waals surface area contributed by atoms with Gasteiger partial charge in [0.2, 0.25) is 5.91 Å². The van der Waals surface area contributed by atoms with Crippen LogP contribution in [0.5, 0.6) is 0 Å². The summed E-state index contributed by atoms with van der Waals surface area (Å²) in [5, 5.41) is 9.07. The number of benzene rings is 1. The Morgan fingerprint density at radius 3 is 2.71 bits per heavy atom. The third-order valence-electron chi connectivity index (χ3n) is 4.05. The van der Waals surface area contributed by atoms with E-state index in [2.05, 4.69) is 16.0 Å². The van der Waals surface area contributed by atoms with Crippen LogP contribution in [0.1, 0.15) is 41.6 Å². The lowest BCUT2D eigenvalue weighted by molar-refractivity contribution is -0.117. The van der Waals surface area contributed by atoms with Gasteiger partial charge in [0.25, 0.3) is 5.91 Å². The molecule has 1 aromatic rings. The molecule has 0 aromatic heterocycles. The van der Waals surface area contributed by atoms with Crippen molar-refractivity contribution in [3.8, 4) is 0 Å². The smallest absolute Gasteiger partial charge is 0.251 e. The molecular formula is C16H21N3O2. The van der Waals surface area contributed by atoms with Gasteiger partial charge < -0.3 is 16.0 Å². The van der Waals surface area contributed by atoms with Crippen molar-refractivity contribution in [2.75, 3.05) is 11.9 Å². The fraction of sp³-hybridized carbons (Fsp3) is 0.500. The summed E-state index contributed by atoms with van der Waals surface area (Å²) in [6.07, 6.45) is 4.02. The second kappa shape index (κ2) is 5.85. The quantitative estimate of drug-likeness (QED) is 0.787. The first kappa shape index (κ1) is 14.1. The van der Waals surface area contributed by atoms with Crippen molar-refractivity contribution in [3.05, 3.63) is 29.3 Å². The van der Waals surface area contributed by atoms with E-state index in [0.717, 1.165) is 43.5 Å². The molecule has 112 valence electrons. The normalized spacial score (nSPS) is 21.1. The Labute approximate surface area is 124 Å². The van der Waals surface area contributed by atoms with Crippen LogP contribution in [0.3, 0.4) is 0 Å². The minimum Gasteiger partial charge on any atom is -0.349 e. The number of carbonyl (C=O) groups is 2. The summed E-state index contributed by atoms with van der Waals surface area (Å²) in [5.41, 5.74) is 2.28. The number of aryl methyl sites for hydroxylation is 1. The summed E-state index contributed by atoms with van der Waals surface area (Å²) in [6.45, 7) is 2.82. The molecule has 1 heterocycles. The van der Waals surface area contributed by atoms with Crippen molar-refractivity contribution in [3.63, 3.8) is 0 Å². The number of hydrogen-bond acceptors (Lipinski definition) is 3. The first-order chi connectivity index (χ1) is 10.1. The maximum atomic E-state index is 12.2. The van der Waals surface area contributed by atoms with E-state index in [1.54, 1.807) is 12.1 Å². The predicted molar refractivity (Wildman–Crippen MR) is 81.3 cm³/mol. The zero-order valence-corrected chi connectivity index (χ0v) is 12.2. The lowest BCUT2D eigenvalue weighted by Gasteiger charge is -2.14. The molecule has 3 rings (SSSR count). The van der Waals surface area contributed by atoms with Crippen molar-refractivity contribution in [2.45, 2.75) is 44.7 Å². The summed E-state index contributed by atoms with van der Waals surface area (Å²) in [5.74, 6) is -0.0812. The maximum Gasteiger partial charge on any atom is 0.251 e. The van der Waals surface area contributed by atoms with Gasteiger partial charge in [-0.15, -0.1) is 0 Å². The molecule has 1 saturated heterocycles. The van der Waals surface area contributed by atoms with E-state index < -0.39 is 0 Å². The molecular weight excluding hydrogens is 266 g/mol. The van der Waals surface area contributed by atoms with E-state index in [-0.39, 0.29) is 17.9 Å². The van der Waals surface area contributed by atoms with E-state index in [1.165, 1.54) is 0 Å². The third kappa shape index (κ3) is 3.42. The Morgan fingerprint density at radius 2 is 2.05 bits per heavy atom. The van der Waals surface area contributed by atoms with Gasteiger partial charge in [0.05, 0.1) is 6.04 Å². The van der Waals surface area contributed by atoms with E-state index >= 15 is 0 Å². The molecule has 2 amide bonds.